The molecule has 0 aromatic heterocycles. The van der Waals surface area contributed by atoms with Crippen molar-refractivity contribution in [2.75, 3.05) is 13.1 Å². The molecular formula is C20H31NO4. The average Bonchev–Trinajstić information content (AvgIpc) is 2.43. The maximum atomic E-state index is 10.9. The summed E-state index contributed by atoms with van der Waals surface area (Å²) in [5, 5.41) is 17.9. The number of rotatable bonds is 9. The molecule has 0 radical (unpaired) electrons. The van der Waals surface area contributed by atoms with E-state index < -0.39 is 11.9 Å². The maximum Gasteiger partial charge on any atom is 0.317 e. The third kappa shape index (κ3) is 8.16. The summed E-state index contributed by atoms with van der Waals surface area (Å²) in [6.45, 7) is 10.9. The van der Waals surface area contributed by atoms with Gasteiger partial charge in [0.2, 0.25) is 0 Å². The molecule has 1 aromatic rings. The van der Waals surface area contributed by atoms with E-state index >= 15 is 0 Å². The predicted molar refractivity (Wildman–Crippen MR) is 98.6 cm³/mol. The zero-order chi connectivity index (χ0) is 19.2. The molecule has 0 aliphatic carbocycles. The van der Waals surface area contributed by atoms with Crippen LogP contribution >= 0.6 is 0 Å². The molecule has 140 valence electrons. The number of carboxylic acids is 2. The van der Waals surface area contributed by atoms with Gasteiger partial charge in [-0.3, -0.25) is 14.5 Å². The van der Waals surface area contributed by atoms with E-state index in [1.165, 1.54) is 10.5 Å². The minimum Gasteiger partial charge on any atom is -0.480 e. The van der Waals surface area contributed by atoms with Crippen LogP contribution in [0.5, 0.6) is 0 Å². The Labute approximate surface area is 150 Å². The Morgan fingerprint density at radius 2 is 1.48 bits per heavy atom. The summed E-state index contributed by atoms with van der Waals surface area (Å²) in [6, 6.07) is 8.13. The zero-order valence-electron chi connectivity index (χ0n) is 16.0. The predicted octanol–water partition coefficient (Wildman–Crippen LogP) is 3.83. The first-order valence-corrected chi connectivity index (χ1v) is 8.72. The summed E-state index contributed by atoms with van der Waals surface area (Å²) in [5.74, 6) is -1.06. The molecule has 1 unspecified atom stereocenters. The second kappa shape index (κ2) is 8.99. The summed E-state index contributed by atoms with van der Waals surface area (Å²) >= 11 is 0. The lowest BCUT2D eigenvalue weighted by Crippen LogP contribution is -2.33. The molecule has 0 aliphatic heterocycles. The molecule has 0 saturated heterocycles. The SMILES string of the molecule is CC(C)C(CC(C)(C)C)c1ccc(CN(CC(=O)O)CC(=O)O)cc1. The van der Waals surface area contributed by atoms with Gasteiger partial charge in [-0.15, -0.1) is 0 Å². The van der Waals surface area contributed by atoms with Crippen LogP contribution in [0, 0.1) is 11.3 Å². The molecule has 25 heavy (non-hydrogen) atoms. The van der Waals surface area contributed by atoms with E-state index in [1.54, 1.807) is 0 Å². The second-order valence-corrected chi connectivity index (χ2v) is 8.29. The molecule has 0 bridgehead atoms. The van der Waals surface area contributed by atoms with Crippen molar-refractivity contribution in [2.45, 2.75) is 53.5 Å². The van der Waals surface area contributed by atoms with E-state index in [9.17, 15) is 9.59 Å². The van der Waals surface area contributed by atoms with Gasteiger partial charge < -0.3 is 10.2 Å². The number of hydrogen-bond donors (Lipinski definition) is 2. The number of aliphatic carboxylic acids is 2. The van der Waals surface area contributed by atoms with E-state index in [2.05, 4.69) is 46.8 Å². The van der Waals surface area contributed by atoms with Gasteiger partial charge in [0, 0.05) is 6.54 Å². The van der Waals surface area contributed by atoms with Crippen molar-refractivity contribution in [1.82, 2.24) is 4.90 Å². The normalized spacial score (nSPS) is 13.2. The third-order valence-corrected chi connectivity index (χ3v) is 4.17. The Bertz CT molecular complexity index is 556. The Hall–Kier alpha value is -1.88. The molecule has 0 aliphatic rings. The van der Waals surface area contributed by atoms with E-state index in [0.29, 0.717) is 18.4 Å². The smallest absolute Gasteiger partial charge is 0.317 e. The van der Waals surface area contributed by atoms with Crippen molar-refractivity contribution < 1.29 is 19.8 Å². The molecule has 1 atom stereocenters. The highest BCUT2D eigenvalue weighted by molar-refractivity contribution is 5.72. The van der Waals surface area contributed by atoms with Crippen LogP contribution < -0.4 is 0 Å². The van der Waals surface area contributed by atoms with E-state index in [-0.39, 0.29) is 18.5 Å². The lowest BCUT2D eigenvalue weighted by atomic mass is 9.76. The van der Waals surface area contributed by atoms with Crippen LogP contribution in [0.2, 0.25) is 0 Å². The first-order chi connectivity index (χ1) is 11.5. The van der Waals surface area contributed by atoms with Gasteiger partial charge in [0.15, 0.2) is 0 Å². The van der Waals surface area contributed by atoms with Crippen molar-refractivity contribution in [1.29, 1.82) is 0 Å². The Morgan fingerprint density at radius 1 is 1.00 bits per heavy atom. The fraction of sp³-hybridized carbons (Fsp3) is 0.600. The van der Waals surface area contributed by atoms with Crippen LogP contribution in [-0.4, -0.2) is 40.1 Å². The van der Waals surface area contributed by atoms with Gasteiger partial charge in [0.1, 0.15) is 0 Å². The van der Waals surface area contributed by atoms with Gasteiger partial charge in [0.05, 0.1) is 13.1 Å². The minimum absolute atomic E-state index is 0.243. The van der Waals surface area contributed by atoms with Gasteiger partial charge in [0.25, 0.3) is 0 Å². The fourth-order valence-electron chi connectivity index (χ4n) is 3.08. The topological polar surface area (TPSA) is 77.8 Å². The highest BCUT2D eigenvalue weighted by atomic mass is 16.4. The highest BCUT2D eigenvalue weighted by Gasteiger charge is 2.23. The Kier molecular flexibility index (Phi) is 7.61. The number of benzene rings is 1. The van der Waals surface area contributed by atoms with Crippen LogP contribution in [0.4, 0.5) is 0 Å². The standard InChI is InChI=1S/C20H31NO4/c1-14(2)17(10-20(3,4)5)16-8-6-15(7-9-16)11-21(12-18(22)23)13-19(24)25/h6-9,14,17H,10-13H2,1-5H3,(H,22,23)(H,24,25). The van der Waals surface area contributed by atoms with Crippen LogP contribution in [0.15, 0.2) is 24.3 Å². The molecule has 2 N–H and O–H groups in total. The number of carboxylic acid groups (broad SMARTS) is 2. The van der Waals surface area contributed by atoms with Crippen LogP contribution in [0.3, 0.4) is 0 Å². The molecular weight excluding hydrogens is 318 g/mol. The van der Waals surface area contributed by atoms with Crippen molar-refractivity contribution in [2.24, 2.45) is 11.3 Å². The van der Waals surface area contributed by atoms with Crippen LogP contribution in [-0.2, 0) is 16.1 Å². The summed E-state index contributed by atoms with van der Waals surface area (Å²) < 4.78 is 0. The van der Waals surface area contributed by atoms with Crippen LogP contribution in [0.1, 0.15) is 58.1 Å². The van der Waals surface area contributed by atoms with E-state index in [0.717, 1.165) is 12.0 Å². The number of hydrogen-bond acceptors (Lipinski definition) is 3. The molecule has 5 heteroatoms. The minimum atomic E-state index is -1.03. The first-order valence-electron chi connectivity index (χ1n) is 8.72. The van der Waals surface area contributed by atoms with Crippen molar-refractivity contribution in [3.05, 3.63) is 35.4 Å². The highest BCUT2D eigenvalue weighted by Crippen LogP contribution is 2.36. The Morgan fingerprint density at radius 3 is 1.84 bits per heavy atom. The summed E-state index contributed by atoms with van der Waals surface area (Å²) in [5.41, 5.74) is 2.44. The maximum absolute atomic E-state index is 10.9. The monoisotopic (exact) mass is 349 g/mol. The molecule has 5 nitrogen and oxygen atoms in total. The van der Waals surface area contributed by atoms with Crippen molar-refractivity contribution in [3.8, 4) is 0 Å². The lowest BCUT2D eigenvalue weighted by molar-refractivity contribution is -0.142. The molecule has 0 fully saturated rings. The Balaban J connectivity index is 2.88. The van der Waals surface area contributed by atoms with Gasteiger partial charge in [-0.1, -0.05) is 58.9 Å². The molecule has 1 rings (SSSR count). The lowest BCUT2D eigenvalue weighted by Gasteiger charge is -2.29. The average molecular weight is 349 g/mol. The van der Waals surface area contributed by atoms with Crippen LogP contribution in [0.25, 0.3) is 0 Å². The first kappa shape index (κ1) is 21.2. The summed E-state index contributed by atoms with van der Waals surface area (Å²) in [4.78, 5) is 23.2. The molecule has 0 saturated carbocycles. The molecule has 0 heterocycles. The van der Waals surface area contributed by atoms with Crippen molar-refractivity contribution in [3.63, 3.8) is 0 Å². The quantitative estimate of drug-likeness (QED) is 0.708. The van der Waals surface area contributed by atoms with Gasteiger partial charge in [-0.05, 0) is 34.8 Å². The number of carbonyl (C=O) groups is 2. The second-order valence-electron chi connectivity index (χ2n) is 8.29. The molecule has 0 amide bonds. The summed E-state index contributed by atoms with van der Waals surface area (Å²) in [6.07, 6.45) is 1.09. The van der Waals surface area contributed by atoms with E-state index in [4.69, 9.17) is 10.2 Å². The third-order valence-electron chi connectivity index (χ3n) is 4.17. The van der Waals surface area contributed by atoms with E-state index in [1.807, 2.05) is 12.1 Å². The zero-order valence-corrected chi connectivity index (χ0v) is 16.0. The molecule has 1 aromatic carbocycles. The molecule has 0 spiro atoms. The van der Waals surface area contributed by atoms with Gasteiger partial charge in [-0.2, -0.15) is 0 Å². The van der Waals surface area contributed by atoms with Crippen molar-refractivity contribution >= 4 is 11.9 Å². The van der Waals surface area contributed by atoms with Gasteiger partial charge >= 0.3 is 11.9 Å². The van der Waals surface area contributed by atoms with Gasteiger partial charge in [-0.25, -0.2) is 0 Å². The number of nitrogens with zero attached hydrogens (tertiary/aromatic N) is 1. The summed E-state index contributed by atoms with van der Waals surface area (Å²) in [7, 11) is 0. The largest absolute Gasteiger partial charge is 0.480 e. The fourth-order valence-corrected chi connectivity index (χ4v) is 3.08.